The van der Waals surface area contributed by atoms with Gasteiger partial charge in [-0.1, -0.05) is 25.9 Å². The van der Waals surface area contributed by atoms with Crippen LogP contribution in [0.2, 0.25) is 0 Å². The fraction of sp³-hybridized carbons (Fsp3) is 0.333. The molecule has 2 aromatic rings. The summed E-state index contributed by atoms with van der Waals surface area (Å²) in [5, 5.41) is 14.6. The number of nitro groups is 1. The van der Waals surface area contributed by atoms with E-state index in [1.165, 1.54) is 12.1 Å². The first kappa shape index (κ1) is 15.8. The van der Waals surface area contributed by atoms with Crippen molar-refractivity contribution in [3.05, 3.63) is 51.2 Å². The molecule has 124 valence electrons. The number of carbonyl (C=O) groups excluding carboxylic acids is 2. The lowest BCUT2D eigenvalue weighted by atomic mass is 9.97. The van der Waals surface area contributed by atoms with E-state index in [0.29, 0.717) is 5.89 Å². The zero-order valence-electron chi connectivity index (χ0n) is 13.3. The largest absolute Gasteiger partial charge is 0.339 e. The van der Waals surface area contributed by atoms with Gasteiger partial charge in [0.15, 0.2) is 5.82 Å². The van der Waals surface area contributed by atoms with E-state index in [0.717, 1.165) is 11.0 Å². The summed E-state index contributed by atoms with van der Waals surface area (Å²) in [6.07, 6.45) is 0. The van der Waals surface area contributed by atoms with Crippen LogP contribution < -0.4 is 0 Å². The summed E-state index contributed by atoms with van der Waals surface area (Å²) in [6.45, 7) is 5.53. The van der Waals surface area contributed by atoms with Crippen LogP contribution in [0.1, 0.15) is 53.2 Å². The smallest absolute Gasteiger partial charge is 0.270 e. The Kier molecular flexibility index (Phi) is 3.43. The van der Waals surface area contributed by atoms with E-state index in [4.69, 9.17) is 4.52 Å². The number of rotatable bonds is 3. The highest BCUT2D eigenvalue weighted by Crippen LogP contribution is 2.28. The zero-order valence-corrected chi connectivity index (χ0v) is 13.3. The van der Waals surface area contributed by atoms with Crippen molar-refractivity contribution < 1.29 is 19.0 Å². The van der Waals surface area contributed by atoms with E-state index >= 15 is 0 Å². The van der Waals surface area contributed by atoms with Crippen molar-refractivity contribution in [1.82, 2.24) is 15.0 Å². The van der Waals surface area contributed by atoms with Crippen molar-refractivity contribution in [3.8, 4) is 0 Å². The number of non-ortho nitro benzene ring substituents is 1. The SMILES string of the molecule is CC(C)(C)c1nc(CN2C(=O)c3ccc([N+](=O)[O-])cc3C2=O)no1. The number of nitrogens with zero attached hydrogens (tertiary/aromatic N) is 4. The average molecular weight is 330 g/mol. The normalized spacial score (nSPS) is 14.2. The van der Waals surface area contributed by atoms with Gasteiger partial charge in [0.25, 0.3) is 17.5 Å². The van der Waals surface area contributed by atoms with Crippen LogP contribution in [0, 0.1) is 10.1 Å². The fourth-order valence-corrected chi connectivity index (χ4v) is 2.30. The van der Waals surface area contributed by atoms with Crippen LogP contribution >= 0.6 is 0 Å². The molecule has 0 unspecified atom stereocenters. The van der Waals surface area contributed by atoms with Crippen LogP contribution in [0.4, 0.5) is 5.69 Å². The minimum atomic E-state index is -0.616. The van der Waals surface area contributed by atoms with Crippen LogP contribution in [0.3, 0.4) is 0 Å². The van der Waals surface area contributed by atoms with Crippen molar-refractivity contribution in [2.75, 3.05) is 0 Å². The summed E-state index contributed by atoms with van der Waals surface area (Å²) >= 11 is 0. The van der Waals surface area contributed by atoms with Gasteiger partial charge in [0.1, 0.15) is 0 Å². The minimum absolute atomic E-state index is 0.00809. The third-order valence-electron chi connectivity index (χ3n) is 3.57. The molecule has 2 amide bonds. The summed E-state index contributed by atoms with van der Waals surface area (Å²) in [6, 6.07) is 3.58. The highest BCUT2D eigenvalue weighted by atomic mass is 16.6. The average Bonchev–Trinajstić information content (AvgIpc) is 3.07. The van der Waals surface area contributed by atoms with Gasteiger partial charge in [-0.3, -0.25) is 24.6 Å². The Balaban J connectivity index is 1.88. The maximum Gasteiger partial charge on any atom is 0.270 e. The molecule has 0 saturated heterocycles. The lowest BCUT2D eigenvalue weighted by Crippen LogP contribution is -2.29. The molecule has 0 saturated carbocycles. The number of imide groups is 1. The quantitative estimate of drug-likeness (QED) is 0.480. The van der Waals surface area contributed by atoms with Gasteiger partial charge >= 0.3 is 0 Å². The number of aromatic nitrogens is 2. The Morgan fingerprint density at radius 3 is 2.46 bits per heavy atom. The summed E-state index contributed by atoms with van der Waals surface area (Å²) < 4.78 is 5.14. The van der Waals surface area contributed by atoms with E-state index in [9.17, 15) is 19.7 Å². The second kappa shape index (κ2) is 5.22. The molecule has 1 aliphatic rings. The summed E-state index contributed by atoms with van der Waals surface area (Å²) in [5.74, 6) is -0.554. The van der Waals surface area contributed by atoms with Gasteiger partial charge in [-0.2, -0.15) is 4.98 Å². The monoisotopic (exact) mass is 330 g/mol. The first-order valence-corrected chi connectivity index (χ1v) is 7.16. The number of amides is 2. The number of hydrogen-bond donors (Lipinski definition) is 0. The summed E-state index contributed by atoms with van der Waals surface area (Å²) in [5.41, 5.74) is -0.460. The van der Waals surface area contributed by atoms with Crippen LogP contribution in [-0.4, -0.2) is 31.8 Å². The maximum atomic E-state index is 12.4. The molecule has 0 atom stereocenters. The topological polar surface area (TPSA) is 119 Å². The Hall–Kier alpha value is -3.10. The van der Waals surface area contributed by atoms with Gasteiger partial charge < -0.3 is 4.52 Å². The number of hydrogen-bond acceptors (Lipinski definition) is 7. The van der Waals surface area contributed by atoms with Crippen molar-refractivity contribution in [1.29, 1.82) is 0 Å². The molecule has 0 bridgehead atoms. The number of carbonyl (C=O) groups is 2. The van der Waals surface area contributed by atoms with Crippen LogP contribution in [-0.2, 0) is 12.0 Å². The Morgan fingerprint density at radius 2 is 1.88 bits per heavy atom. The minimum Gasteiger partial charge on any atom is -0.339 e. The summed E-state index contributed by atoms with van der Waals surface area (Å²) in [7, 11) is 0. The van der Waals surface area contributed by atoms with E-state index in [1.54, 1.807) is 0 Å². The predicted molar refractivity (Wildman–Crippen MR) is 80.3 cm³/mol. The molecule has 2 heterocycles. The van der Waals surface area contributed by atoms with Crippen molar-refractivity contribution >= 4 is 17.5 Å². The third-order valence-corrected chi connectivity index (χ3v) is 3.57. The molecule has 0 radical (unpaired) electrons. The second-order valence-electron chi connectivity index (χ2n) is 6.45. The zero-order chi connectivity index (χ0) is 17.6. The molecular formula is C15H14N4O5. The van der Waals surface area contributed by atoms with Crippen molar-refractivity contribution in [3.63, 3.8) is 0 Å². The molecule has 24 heavy (non-hydrogen) atoms. The van der Waals surface area contributed by atoms with Crippen LogP contribution in [0.15, 0.2) is 22.7 Å². The van der Waals surface area contributed by atoms with Gasteiger partial charge in [0, 0.05) is 17.5 Å². The van der Waals surface area contributed by atoms with Gasteiger partial charge in [-0.05, 0) is 6.07 Å². The lowest BCUT2D eigenvalue weighted by Gasteiger charge is -2.11. The van der Waals surface area contributed by atoms with Gasteiger partial charge in [-0.25, -0.2) is 0 Å². The van der Waals surface area contributed by atoms with E-state index < -0.39 is 16.7 Å². The van der Waals surface area contributed by atoms with E-state index in [2.05, 4.69) is 10.1 Å². The molecule has 1 aliphatic heterocycles. The Morgan fingerprint density at radius 1 is 1.21 bits per heavy atom. The van der Waals surface area contributed by atoms with Gasteiger partial charge in [-0.15, -0.1) is 0 Å². The molecule has 3 rings (SSSR count). The standard InChI is InChI=1S/C15H14N4O5/c1-15(2,3)14-16-11(17-24-14)7-18-12(20)9-5-4-8(19(22)23)6-10(9)13(18)21/h4-6H,7H2,1-3H3. The van der Waals surface area contributed by atoms with Gasteiger partial charge in [0.2, 0.25) is 5.89 Å². The molecule has 1 aromatic heterocycles. The summed E-state index contributed by atoms with van der Waals surface area (Å²) in [4.78, 5) is 40.1. The molecule has 9 heteroatoms. The highest BCUT2D eigenvalue weighted by molar-refractivity contribution is 6.21. The molecular weight excluding hydrogens is 316 g/mol. The lowest BCUT2D eigenvalue weighted by molar-refractivity contribution is -0.384. The van der Waals surface area contributed by atoms with E-state index in [-0.39, 0.29) is 34.6 Å². The fourth-order valence-electron chi connectivity index (χ4n) is 2.30. The number of benzene rings is 1. The second-order valence-corrected chi connectivity index (χ2v) is 6.45. The molecule has 0 spiro atoms. The molecule has 9 nitrogen and oxygen atoms in total. The molecule has 0 aliphatic carbocycles. The van der Waals surface area contributed by atoms with Crippen molar-refractivity contribution in [2.24, 2.45) is 0 Å². The molecule has 0 fully saturated rings. The van der Waals surface area contributed by atoms with Gasteiger partial charge in [0.05, 0.1) is 22.6 Å². The first-order valence-electron chi connectivity index (χ1n) is 7.16. The third kappa shape index (κ3) is 2.53. The van der Waals surface area contributed by atoms with Crippen LogP contribution in [0.5, 0.6) is 0 Å². The molecule has 0 N–H and O–H groups in total. The Bertz CT molecular complexity index is 865. The Labute approximate surface area is 136 Å². The highest BCUT2D eigenvalue weighted by Gasteiger charge is 2.37. The van der Waals surface area contributed by atoms with Crippen molar-refractivity contribution in [2.45, 2.75) is 32.7 Å². The maximum absolute atomic E-state index is 12.4. The number of nitro benzene ring substituents is 1. The first-order chi connectivity index (χ1) is 11.2. The van der Waals surface area contributed by atoms with E-state index in [1.807, 2.05) is 20.8 Å². The number of fused-ring (bicyclic) bond motifs is 1. The predicted octanol–water partition coefficient (Wildman–Crippen LogP) is 2.07. The van der Waals surface area contributed by atoms with Crippen LogP contribution in [0.25, 0.3) is 0 Å². The molecule has 1 aromatic carbocycles.